The number of carbonyl (C=O) groups is 2. The summed E-state index contributed by atoms with van der Waals surface area (Å²) in [5.41, 5.74) is 1.18. The summed E-state index contributed by atoms with van der Waals surface area (Å²) in [6.45, 7) is 1.57. The molecule has 3 aromatic rings. The minimum Gasteiger partial charge on any atom is -0.456 e. The van der Waals surface area contributed by atoms with Gasteiger partial charge in [-0.15, -0.1) is 4.57 Å². The van der Waals surface area contributed by atoms with E-state index in [0.29, 0.717) is 28.4 Å². The van der Waals surface area contributed by atoms with Gasteiger partial charge in [-0.05, 0) is 38.0 Å². The van der Waals surface area contributed by atoms with Gasteiger partial charge in [0.05, 0.1) is 11.3 Å². The monoisotopic (exact) mass is 409 g/mol. The molecule has 156 valence electrons. The molecule has 0 unspecified atom stereocenters. The van der Waals surface area contributed by atoms with Crippen LogP contribution in [-0.4, -0.2) is 21.4 Å². The van der Waals surface area contributed by atoms with Gasteiger partial charge in [-0.1, -0.05) is 25.3 Å². The molecular weight excluding hydrogens is 386 g/mol. The van der Waals surface area contributed by atoms with Gasteiger partial charge in [0.2, 0.25) is 5.91 Å². The number of hydrogen-bond acceptors (Lipinski definition) is 6. The summed E-state index contributed by atoms with van der Waals surface area (Å²) in [4.78, 5) is 41.2. The Bertz CT molecular complexity index is 1140. The molecule has 30 heavy (non-hydrogen) atoms. The van der Waals surface area contributed by atoms with E-state index in [-0.39, 0.29) is 24.0 Å². The number of carbonyl (C=O) groups excluding carboxylic acids is 2. The van der Waals surface area contributed by atoms with E-state index in [1.165, 1.54) is 12.5 Å². The van der Waals surface area contributed by atoms with Gasteiger partial charge in [0.25, 0.3) is 5.56 Å². The van der Waals surface area contributed by atoms with Crippen LogP contribution in [0, 0.1) is 12.8 Å². The minimum atomic E-state index is -0.561. The van der Waals surface area contributed by atoms with E-state index in [4.69, 9.17) is 9.26 Å². The Kier molecular flexibility index (Phi) is 5.65. The Morgan fingerprint density at radius 3 is 2.80 bits per heavy atom. The lowest BCUT2D eigenvalue weighted by molar-refractivity contribution is -0.120. The van der Waals surface area contributed by atoms with Gasteiger partial charge in [-0.3, -0.25) is 9.59 Å². The maximum atomic E-state index is 12.4. The molecule has 0 atom stereocenters. The number of hydrogen-bond donors (Lipinski definition) is 1. The predicted molar refractivity (Wildman–Crippen MR) is 109 cm³/mol. The van der Waals surface area contributed by atoms with Crippen molar-refractivity contribution in [1.82, 2.24) is 9.56 Å². The molecule has 8 heteroatoms. The highest BCUT2D eigenvalue weighted by molar-refractivity contribution is 5.95. The van der Waals surface area contributed by atoms with Crippen LogP contribution in [0.25, 0.3) is 5.65 Å². The molecule has 1 fully saturated rings. The fourth-order valence-electron chi connectivity index (χ4n) is 3.70. The largest absolute Gasteiger partial charge is 0.456 e. The van der Waals surface area contributed by atoms with Crippen LogP contribution in [0.15, 0.2) is 45.7 Å². The first kappa shape index (κ1) is 19.9. The van der Waals surface area contributed by atoms with Crippen molar-refractivity contribution in [1.29, 1.82) is 0 Å². The third-order valence-corrected chi connectivity index (χ3v) is 5.22. The molecule has 0 saturated heterocycles. The van der Waals surface area contributed by atoms with Gasteiger partial charge in [0, 0.05) is 23.7 Å². The molecule has 2 heterocycles. The SMILES string of the molecule is Cc1cc2nc(COC(=O)c3cccc(NC(=O)C4CCCCC4)c3)cc(=O)n2o1. The van der Waals surface area contributed by atoms with Crippen LogP contribution in [0.3, 0.4) is 0 Å². The first-order valence-corrected chi connectivity index (χ1v) is 10.1. The highest BCUT2D eigenvalue weighted by Gasteiger charge is 2.21. The minimum absolute atomic E-state index is 0.00593. The second kappa shape index (κ2) is 8.52. The summed E-state index contributed by atoms with van der Waals surface area (Å²) in [6, 6.07) is 9.54. The number of anilines is 1. The predicted octanol–water partition coefficient (Wildman–Crippen LogP) is 3.47. The molecule has 1 amide bonds. The molecule has 8 nitrogen and oxygen atoms in total. The maximum Gasteiger partial charge on any atom is 0.338 e. The first-order chi connectivity index (χ1) is 14.5. The number of benzene rings is 1. The average molecular weight is 409 g/mol. The van der Waals surface area contributed by atoms with Crippen molar-refractivity contribution in [3.05, 3.63) is 63.8 Å². The summed E-state index contributed by atoms with van der Waals surface area (Å²) >= 11 is 0. The number of aryl methyl sites for hydroxylation is 1. The van der Waals surface area contributed by atoms with Gasteiger partial charge in [0.1, 0.15) is 12.4 Å². The summed E-state index contributed by atoms with van der Waals surface area (Å²) in [5, 5.41) is 2.90. The number of amides is 1. The second-order valence-corrected chi connectivity index (χ2v) is 7.57. The van der Waals surface area contributed by atoms with E-state index in [1.54, 1.807) is 37.3 Å². The second-order valence-electron chi connectivity index (χ2n) is 7.57. The number of rotatable bonds is 5. The standard InChI is InChI=1S/C22H23N3O5/c1-14-10-19-23-18(12-20(26)25(19)30-14)13-29-22(28)16-8-5-9-17(11-16)24-21(27)15-6-3-2-4-7-15/h5,8-12,15H,2-4,6-7,13H2,1H3,(H,24,27). The summed E-state index contributed by atoms with van der Waals surface area (Å²) < 4.78 is 11.6. The van der Waals surface area contributed by atoms with Crippen molar-refractivity contribution in [2.45, 2.75) is 45.6 Å². The first-order valence-electron chi connectivity index (χ1n) is 10.1. The molecule has 1 saturated carbocycles. The van der Waals surface area contributed by atoms with Crippen molar-refractivity contribution >= 4 is 23.2 Å². The van der Waals surface area contributed by atoms with Gasteiger partial charge < -0.3 is 14.6 Å². The lowest BCUT2D eigenvalue weighted by atomic mass is 9.88. The zero-order valence-electron chi connectivity index (χ0n) is 16.7. The molecular formula is C22H23N3O5. The Morgan fingerprint density at radius 2 is 2.00 bits per heavy atom. The number of nitrogens with zero attached hydrogens (tertiary/aromatic N) is 2. The van der Waals surface area contributed by atoms with E-state index in [2.05, 4.69) is 10.3 Å². The van der Waals surface area contributed by atoms with Gasteiger partial charge in [0.15, 0.2) is 5.65 Å². The average Bonchev–Trinajstić information content (AvgIpc) is 3.13. The third-order valence-electron chi connectivity index (χ3n) is 5.22. The van der Waals surface area contributed by atoms with Gasteiger partial charge in [-0.25, -0.2) is 9.78 Å². The fraction of sp³-hybridized carbons (Fsp3) is 0.364. The Morgan fingerprint density at radius 1 is 1.20 bits per heavy atom. The van der Waals surface area contributed by atoms with Crippen LogP contribution in [0.1, 0.15) is 53.9 Å². The maximum absolute atomic E-state index is 12.4. The Balaban J connectivity index is 1.40. The van der Waals surface area contributed by atoms with Crippen molar-refractivity contribution in [3.8, 4) is 0 Å². The van der Waals surface area contributed by atoms with E-state index in [0.717, 1.165) is 30.3 Å². The van der Waals surface area contributed by atoms with Crippen molar-refractivity contribution in [2.24, 2.45) is 5.92 Å². The lowest BCUT2D eigenvalue weighted by Crippen LogP contribution is -2.24. The highest BCUT2D eigenvalue weighted by Crippen LogP contribution is 2.25. The van der Waals surface area contributed by atoms with Crippen molar-refractivity contribution in [2.75, 3.05) is 5.32 Å². The molecule has 0 radical (unpaired) electrons. The molecule has 1 aliphatic rings. The topological polar surface area (TPSA) is 103 Å². The van der Waals surface area contributed by atoms with Crippen LogP contribution in [-0.2, 0) is 16.1 Å². The number of ether oxygens (including phenoxy) is 1. The number of aromatic nitrogens is 2. The van der Waals surface area contributed by atoms with Gasteiger partial charge >= 0.3 is 5.97 Å². The van der Waals surface area contributed by atoms with Crippen molar-refractivity contribution in [3.63, 3.8) is 0 Å². The number of esters is 1. The zero-order chi connectivity index (χ0) is 21.1. The highest BCUT2D eigenvalue weighted by atomic mass is 16.5. The molecule has 1 aromatic carbocycles. The van der Waals surface area contributed by atoms with Gasteiger partial charge in [-0.2, -0.15) is 0 Å². The third kappa shape index (κ3) is 4.42. The van der Waals surface area contributed by atoms with E-state index in [1.807, 2.05) is 0 Å². The normalized spacial score (nSPS) is 14.6. The van der Waals surface area contributed by atoms with E-state index in [9.17, 15) is 14.4 Å². The van der Waals surface area contributed by atoms with Crippen LogP contribution in [0.5, 0.6) is 0 Å². The van der Waals surface area contributed by atoms with Crippen LogP contribution in [0.4, 0.5) is 5.69 Å². The molecule has 1 aliphatic carbocycles. The van der Waals surface area contributed by atoms with E-state index < -0.39 is 5.97 Å². The van der Waals surface area contributed by atoms with Crippen molar-refractivity contribution < 1.29 is 18.8 Å². The molecule has 4 rings (SSSR count). The molecule has 0 spiro atoms. The summed E-state index contributed by atoms with van der Waals surface area (Å²) in [5.74, 6) is 0.0182. The smallest absolute Gasteiger partial charge is 0.338 e. The quantitative estimate of drug-likeness (QED) is 0.647. The van der Waals surface area contributed by atoms with E-state index >= 15 is 0 Å². The number of nitrogens with one attached hydrogen (secondary N) is 1. The fourth-order valence-corrected chi connectivity index (χ4v) is 3.70. The summed E-state index contributed by atoms with van der Waals surface area (Å²) in [7, 11) is 0. The zero-order valence-corrected chi connectivity index (χ0v) is 16.7. The molecule has 1 N–H and O–H groups in total. The molecule has 0 aliphatic heterocycles. The van der Waals surface area contributed by atoms with Crippen LogP contribution >= 0.6 is 0 Å². The Labute approximate surface area is 172 Å². The Hall–Kier alpha value is -3.42. The number of fused-ring (bicyclic) bond motifs is 1. The lowest BCUT2D eigenvalue weighted by Gasteiger charge is -2.20. The summed E-state index contributed by atoms with van der Waals surface area (Å²) in [6.07, 6.45) is 5.14. The molecule has 0 bridgehead atoms. The molecule has 2 aromatic heterocycles. The van der Waals surface area contributed by atoms with Crippen LogP contribution < -0.4 is 10.9 Å². The van der Waals surface area contributed by atoms with Crippen LogP contribution in [0.2, 0.25) is 0 Å².